The van der Waals surface area contributed by atoms with Crippen molar-refractivity contribution in [3.8, 4) is 0 Å². The van der Waals surface area contributed by atoms with E-state index in [9.17, 15) is 4.79 Å². The zero-order chi connectivity index (χ0) is 15.0. The lowest BCUT2D eigenvalue weighted by molar-refractivity contribution is 0.0443. The summed E-state index contributed by atoms with van der Waals surface area (Å²) in [5.74, 6) is 0. The van der Waals surface area contributed by atoms with Gasteiger partial charge in [-0.05, 0) is 37.1 Å². The van der Waals surface area contributed by atoms with Crippen LogP contribution in [0.1, 0.15) is 24.8 Å². The van der Waals surface area contributed by atoms with Crippen LogP contribution in [0.15, 0.2) is 18.2 Å². The Morgan fingerprint density at radius 2 is 2.18 bits per heavy atom. The Hall–Kier alpha value is -1.73. The number of alkyl carbamates (subject to hydrolysis) is 1. The summed E-state index contributed by atoms with van der Waals surface area (Å²) in [5, 5.41) is 2.80. The van der Waals surface area contributed by atoms with Gasteiger partial charge < -0.3 is 10.1 Å². The quantitative estimate of drug-likeness (QED) is 0.919. The molecule has 1 spiro atoms. The molecule has 1 atom stereocenters. The third-order valence-electron chi connectivity index (χ3n) is 4.58. The largest absolute Gasteiger partial charge is 0.441 e. The van der Waals surface area contributed by atoms with Gasteiger partial charge in [0.2, 0.25) is 0 Å². The highest BCUT2D eigenvalue weighted by Crippen LogP contribution is 2.29. The number of aromatic nitrogens is 2. The summed E-state index contributed by atoms with van der Waals surface area (Å²) in [5.41, 5.74) is 2.92. The minimum absolute atomic E-state index is 0.269. The fourth-order valence-electron chi connectivity index (χ4n) is 3.35. The van der Waals surface area contributed by atoms with Gasteiger partial charge in [0.25, 0.3) is 0 Å². The molecule has 2 saturated heterocycles. The second-order valence-corrected chi connectivity index (χ2v) is 6.67. The second-order valence-electron chi connectivity index (χ2n) is 6.14. The lowest BCUT2D eigenvalue weighted by Gasteiger charge is -2.25. The molecule has 0 aliphatic carbocycles. The van der Waals surface area contributed by atoms with Crippen LogP contribution in [0.3, 0.4) is 0 Å². The van der Waals surface area contributed by atoms with Crippen molar-refractivity contribution in [3.05, 3.63) is 23.8 Å². The van der Waals surface area contributed by atoms with Crippen LogP contribution >= 0.6 is 11.7 Å². The molecule has 4 rings (SSSR count). The number of nitrogens with one attached hydrogen (secondary N) is 1. The number of amides is 1. The van der Waals surface area contributed by atoms with Gasteiger partial charge in [0.15, 0.2) is 0 Å². The summed E-state index contributed by atoms with van der Waals surface area (Å²) in [7, 11) is 0. The van der Waals surface area contributed by atoms with Crippen LogP contribution in [0.2, 0.25) is 0 Å². The van der Waals surface area contributed by atoms with Crippen LogP contribution in [0.4, 0.5) is 4.79 Å². The Kier molecular flexibility index (Phi) is 3.46. The average Bonchev–Trinajstić information content (AvgIpc) is 3.06. The van der Waals surface area contributed by atoms with E-state index in [-0.39, 0.29) is 11.7 Å². The first kappa shape index (κ1) is 13.9. The molecule has 0 radical (unpaired) electrons. The Morgan fingerprint density at radius 1 is 1.27 bits per heavy atom. The number of carbonyl (C=O) groups is 1. The average molecular weight is 318 g/mol. The monoisotopic (exact) mass is 318 g/mol. The number of nitrogens with zero attached hydrogens (tertiary/aromatic N) is 3. The Morgan fingerprint density at radius 3 is 3.05 bits per heavy atom. The molecule has 0 saturated carbocycles. The summed E-state index contributed by atoms with van der Waals surface area (Å²) in [6.07, 6.45) is 2.62. The molecular formula is C15H18N4O2S. The molecular weight excluding hydrogens is 300 g/mol. The maximum atomic E-state index is 11.3. The zero-order valence-corrected chi connectivity index (χ0v) is 13.1. The number of hydrogen-bond donors (Lipinski definition) is 1. The van der Waals surface area contributed by atoms with Gasteiger partial charge in [-0.3, -0.25) is 4.90 Å². The van der Waals surface area contributed by atoms with Crippen molar-refractivity contribution in [2.24, 2.45) is 0 Å². The molecule has 1 aromatic carbocycles. The molecule has 2 aromatic rings. The van der Waals surface area contributed by atoms with Crippen LogP contribution in [-0.4, -0.2) is 45.0 Å². The lowest BCUT2D eigenvalue weighted by Crippen LogP contribution is -2.34. The van der Waals surface area contributed by atoms with Crippen molar-refractivity contribution in [1.82, 2.24) is 19.0 Å². The SMILES string of the molecule is O=C1NC[C@@]2(CCCN(Cc3ccc4nsnc4c3)CC2)O1. The van der Waals surface area contributed by atoms with Gasteiger partial charge in [0.05, 0.1) is 18.3 Å². The third kappa shape index (κ3) is 2.66. The van der Waals surface area contributed by atoms with E-state index in [1.54, 1.807) is 0 Å². The highest BCUT2D eigenvalue weighted by atomic mass is 32.1. The number of hydrogen-bond acceptors (Lipinski definition) is 6. The van der Waals surface area contributed by atoms with E-state index < -0.39 is 0 Å². The van der Waals surface area contributed by atoms with E-state index in [2.05, 4.69) is 31.1 Å². The summed E-state index contributed by atoms with van der Waals surface area (Å²) in [6, 6.07) is 6.29. The molecule has 6 nitrogen and oxygen atoms in total. The van der Waals surface area contributed by atoms with Crippen LogP contribution in [0.25, 0.3) is 11.0 Å². The number of fused-ring (bicyclic) bond motifs is 1. The van der Waals surface area contributed by atoms with E-state index in [0.717, 1.165) is 49.9 Å². The van der Waals surface area contributed by atoms with Crippen molar-refractivity contribution < 1.29 is 9.53 Å². The summed E-state index contributed by atoms with van der Waals surface area (Å²) >= 11 is 1.25. The first-order valence-corrected chi connectivity index (χ1v) is 8.36. The number of ether oxygens (including phenoxy) is 1. The molecule has 2 aliphatic heterocycles. The topological polar surface area (TPSA) is 67.4 Å². The molecule has 2 aliphatic rings. The molecule has 1 N–H and O–H groups in total. The van der Waals surface area contributed by atoms with Gasteiger partial charge in [0, 0.05) is 19.5 Å². The highest BCUT2D eigenvalue weighted by molar-refractivity contribution is 7.00. The maximum Gasteiger partial charge on any atom is 0.407 e. The Bertz CT molecular complexity index is 704. The summed E-state index contributed by atoms with van der Waals surface area (Å²) in [6.45, 7) is 3.54. The standard InChI is InChI=1S/C15H18N4O2S/c20-14-16-10-15(21-14)4-1-6-19(7-5-15)9-11-2-3-12-13(8-11)18-22-17-12/h2-3,8H,1,4-7,9-10H2,(H,16,20)/t15-/m0/s1. The first-order valence-electron chi connectivity index (χ1n) is 7.63. The van der Waals surface area contributed by atoms with Gasteiger partial charge in [-0.1, -0.05) is 6.07 Å². The summed E-state index contributed by atoms with van der Waals surface area (Å²) < 4.78 is 14.1. The molecule has 3 heterocycles. The van der Waals surface area contributed by atoms with Crippen LogP contribution in [0, 0.1) is 0 Å². The molecule has 0 unspecified atom stereocenters. The van der Waals surface area contributed by atoms with Gasteiger partial charge in [0.1, 0.15) is 16.6 Å². The van der Waals surface area contributed by atoms with Crippen molar-refractivity contribution in [2.75, 3.05) is 19.6 Å². The van der Waals surface area contributed by atoms with E-state index in [1.165, 1.54) is 17.3 Å². The van der Waals surface area contributed by atoms with Crippen molar-refractivity contribution >= 4 is 28.9 Å². The minimum Gasteiger partial charge on any atom is -0.441 e. The van der Waals surface area contributed by atoms with Gasteiger partial charge >= 0.3 is 6.09 Å². The fourth-order valence-corrected chi connectivity index (χ4v) is 3.86. The van der Waals surface area contributed by atoms with Crippen LogP contribution in [-0.2, 0) is 11.3 Å². The molecule has 1 aromatic heterocycles. The first-order chi connectivity index (χ1) is 10.7. The lowest BCUT2D eigenvalue weighted by atomic mass is 9.95. The van der Waals surface area contributed by atoms with E-state index in [1.807, 2.05) is 6.07 Å². The second kappa shape index (κ2) is 5.48. The molecule has 2 fully saturated rings. The van der Waals surface area contributed by atoms with E-state index >= 15 is 0 Å². The third-order valence-corrected chi connectivity index (χ3v) is 5.14. The summed E-state index contributed by atoms with van der Waals surface area (Å²) in [4.78, 5) is 13.8. The van der Waals surface area contributed by atoms with Crippen LogP contribution < -0.4 is 5.32 Å². The molecule has 0 bridgehead atoms. The van der Waals surface area contributed by atoms with Gasteiger partial charge in [-0.15, -0.1) is 0 Å². The molecule has 7 heteroatoms. The van der Waals surface area contributed by atoms with Crippen molar-refractivity contribution in [2.45, 2.75) is 31.4 Å². The Labute approximate surface area is 132 Å². The normalized spacial score (nSPS) is 26.1. The maximum absolute atomic E-state index is 11.3. The van der Waals surface area contributed by atoms with Gasteiger partial charge in [-0.2, -0.15) is 8.75 Å². The zero-order valence-electron chi connectivity index (χ0n) is 12.2. The van der Waals surface area contributed by atoms with Gasteiger partial charge in [-0.25, -0.2) is 4.79 Å². The number of carbonyl (C=O) groups excluding carboxylic acids is 1. The van der Waals surface area contributed by atoms with Crippen molar-refractivity contribution in [3.63, 3.8) is 0 Å². The minimum atomic E-state index is -0.283. The molecule has 1 amide bonds. The molecule has 116 valence electrons. The number of likely N-dealkylation sites (tertiary alicyclic amines) is 1. The fraction of sp³-hybridized carbons (Fsp3) is 0.533. The Balaban J connectivity index is 1.44. The van der Waals surface area contributed by atoms with E-state index in [0.29, 0.717) is 6.54 Å². The highest BCUT2D eigenvalue weighted by Gasteiger charge is 2.41. The smallest absolute Gasteiger partial charge is 0.407 e. The van der Waals surface area contributed by atoms with Crippen molar-refractivity contribution in [1.29, 1.82) is 0 Å². The molecule has 22 heavy (non-hydrogen) atoms. The van der Waals surface area contributed by atoms with E-state index in [4.69, 9.17) is 4.74 Å². The van der Waals surface area contributed by atoms with Crippen LogP contribution in [0.5, 0.6) is 0 Å². The number of rotatable bonds is 2. The predicted molar refractivity (Wildman–Crippen MR) is 83.8 cm³/mol. The number of benzene rings is 1. The predicted octanol–water partition coefficient (Wildman–Crippen LogP) is 2.16.